The fourth-order valence-electron chi connectivity index (χ4n) is 1.82. The van der Waals surface area contributed by atoms with Gasteiger partial charge in [-0.25, -0.2) is 0 Å². The number of phenolic OH excluding ortho intramolecular Hbond substituents is 2. The number of aromatic hydroxyl groups is 2. The van der Waals surface area contributed by atoms with Crippen molar-refractivity contribution >= 4 is 0 Å². The van der Waals surface area contributed by atoms with Gasteiger partial charge in [0.25, 0.3) is 0 Å². The van der Waals surface area contributed by atoms with Gasteiger partial charge >= 0.3 is 0 Å². The molecule has 0 saturated carbocycles. The van der Waals surface area contributed by atoms with Crippen LogP contribution in [-0.4, -0.2) is 30.6 Å². The molecule has 0 aliphatic rings. The Bertz CT molecular complexity index is 604. The largest absolute Gasteiger partial charge is 0.507 e. The molecule has 0 spiro atoms. The molecule has 0 aliphatic carbocycles. The summed E-state index contributed by atoms with van der Waals surface area (Å²) in [5.74, 6) is -0.0277. The first-order valence-corrected chi connectivity index (χ1v) is 5.31. The highest BCUT2D eigenvalue weighted by molar-refractivity contribution is 5.78. The second-order valence-electron chi connectivity index (χ2n) is 3.83. The van der Waals surface area contributed by atoms with E-state index in [2.05, 4.69) is 20.4 Å². The number of nitrogens with zero attached hydrogens (tertiary/aromatic N) is 2. The van der Waals surface area contributed by atoms with Gasteiger partial charge in [-0.15, -0.1) is 0 Å². The minimum absolute atomic E-state index is 0.0139. The van der Waals surface area contributed by atoms with E-state index in [0.29, 0.717) is 22.5 Å². The third kappa shape index (κ3) is 1.60. The molecule has 0 fully saturated rings. The predicted molar refractivity (Wildman–Crippen MR) is 64.9 cm³/mol. The maximum atomic E-state index is 9.85. The summed E-state index contributed by atoms with van der Waals surface area (Å²) in [6, 6.07) is 6.45. The zero-order valence-electron chi connectivity index (χ0n) is 9.25. The van der Waals surface area contributed by atoms with Crippen LogP contribution >= 0.6 is 0 Å². The molecule has 0 aliphatic heterocycles. The summed E-state index contributed by atoms with van der Waals surface area (Å²) in [6.45, 7) is 0. The molecule has 0 atom stereocenters. The Morgan fingerprint density at radius 2 is 1.28 bits per heavy atom. The van der Waals surface area contributed by atoms with Crippen molar-refractivity contribution in [2.24, 2.45) is 0 Å². The summed E-state index contributed by atoms with van der Waals surface area (Å²) in [7, 11) is 0. The molecular formula is C12H10N4O2. The lowest BCUT2D eigenvalue weighted by atomic mass is 10.0. The third-order valence-corrected chi connectivity index (χ3v) is 2.70. The number of hydrogen-bond acceptors (Lipinski definition) is 4. The van der Waals surface area contributed by atoms with E-state index in [9.17, 15) is 10.2 Å². The second kappa shape index (κ2) is 3.92. The lowest BCUT2D eigenvalue weighted by Crippen LogP contribution is -1.85. The van der Waals surface area contributed by atoms with E-state index in [1.54, 1.807) is 30.6 Å². The minimum Gasteiger partial charge on any atom is -0.507 e. The third-order valence-electron chi connectivity index (χ3n) is 2.70. The molecule has 6 nitrogen and oxygen atoms in total. The van der Waals surface area contributed by atoms with Crippen LogP contribution in [0.3, 0.4) is 0 Å². The second-order valence-corrected chi connectivity index (χ2v) is 3.83. The van der Waals surface area contributed by atoms with Crippen molar-refractivity contribution in [1.82, 2.24) is 20.4 Å². The maximum absolute atomic E-state index is 9.85. The number of aromatic amines is 2. The first-order valence-electron chi connectivity index (χ1n) is 5.31. The summed E-state index contributed by atoms with van der Waals surface area (Å²) >= 11 is 0. The molecule has 2 heterocycles. The molecular weight excluding hydrogens is 232 g/mol. The van der Waals surface area contributed by atoms with Crippen LogP contribution in [0.4, 0.5) is 0 Å². The molecule has 18 heavy (non-hydrogen) atoms. The Morgan fingerprint density at radius 3 is 1.67 bits per heavy atom. The normalized spacial score (nSPS) is 10.7. The number of benzene rings is 1. The van der Waals surface area contributed by atoms with Gasteiger partial charge in [0, 0.05) is 29.6 Å². The van der Waals surface area contributed by atoms with Gasteiger partial charge in [0.2, 0.25) is 0 Å². The van der Waals surface area contributed by atoms with E-state index in [-0.39, 0.29) is 11.5 Å². The number of rotatable bonds is 2. The standard InChI is InChI=1S/C12H10N4O2/c17-11-6-12(18)8(10-2-4-14-16-10)5-7(11)9-1-3-13-15-9/h1-6,17-18H,(H,13,15)(H,14,16). The lowest BCUT2D eigenvalue weighted by molar-refractivity contribution is 0.453. The van der Waals surface area contributed by atoms with Crippen molar-refractivity contribution in [3.05, 3.63) is 36.7 Å². The van der Waals surface area contributed by atoms with Crippen molar-refractivity contribution in [3.63, 3.8) is 0 Å². The van der Waals surface area contributed by atoms with Gasteiger partial charge in [0.1, 0.15) is 11.5 Å². The first-order chi connectivity index (χ1) is 8.75. The number of phenols is 2. The Kier molecular flexibility index (Phi) is 2.26. The monoisotopic (exact) mass is 242 g/mol. The van der Waals surface area contributed by atoms with Crippen LogP contribution in [0.2, 0.25) is 0 Å². The lowest BCUT2D eigenvalue weighted by Gasteiger charge is -2.07. The van der Waals surface area contributed by atoms with Crippen LogP contribution in [-0.2, 0) is 0 Å². The molecule has 0 amide bonds. The Balaban J connectivity index is 2.20. The molecule has 0 unspecified atom stereocenters. The van der Waals surface area contributed by atoms with Gasteiger partial charge < -0.3 is 10.2 Å². The van der Waals surface area contributed by atoms with E-state index in [1.165, 1.54) is 6.07 Å². The van der Waals surface area contributed by atoms with E-state index >= 15 is 0 Å². The maximum Gasteiger partial charge on any atom is 0.128 e. The van der Waals surface area contributed by atoms with E-state index in [1.807, 2.05) is 0 Å². The number of hydrogen-bond donors (Lipinski definition) is 4. The summed E-state index contributed by atoms with van der Waals surface area (Å²) in [4.78, 5) is 0. The van der Waals surface area contributed by atoms with Crippen LogP contribution in [0.5, 0.6) is 11.5 Å². The fraction of sp³-hybridized carbons (Fsp3) is 0. The van der Waals surface area contributed by atoms with Gasteiger partial charge in [-0.3, -0.25) is 10.2 Å². The molecule has 2 aromatic heterocycles. The Labute approximate surface area is 102 Å². The molecule has 0 radical (unpaired) electrons. The summed E-state index contributed by atoms with van der Waals surface area (Å²) in [6.07, 6.45) is 3.19. The van der Waals surface area contributed by atoms with Gasteiger partial charge in [-0.05, 0) is 18.2 Å². The number of nitrogens with one attached hydrogen (secondary N) is 2. The SMILES string of the molecule is Oc1cc(O)c(-c2ccn[nH]2)cc1-c1ccn[nH]1. The predicted octanol–water partition coefficient (Wildman–Crippen LogP) is 1.88. The summed E-state index contributed by atoms with van der Waals surface area (Å²) in [5, 5.41) is 32.9. The van der Waals surface area contributed by atoms with Crippen LogP contribution in [0.25, 0.3) is 22.5 Å². The summed E-state index contributed by atoms with van der Waals surface area (Å²) < 4.78 is 0. The summed E-state index contributed by atoms with van der Waals surface area (Å²) in [5.41, 5.74) is 2.48. The van der Waals surface area contributed by atoms with Gasteiger partial charge in [-0.2, -0.15) is 10.2 Å². The fourth-order valence-corrected chi connectivity index (χ4v) is 1.82. The molecule has 3 rings (SSSR count). The van der Waals surface area contributed by atoms with Gasteiger partial charge in [0.05, 0.1) is 11.4 Å². The van der Waals surface area contributed by atoms with Gasteiger partial charge in [0.15, 0.2) is 0 Å². The molecule has 90 valence electrons. The molecule has 6 heteroatoms. The Hall–Kier alpha value is -2.76. The average Bonchev–Trinajstić information content (AvgIpc) is 3.01. The van der Waals surface area contributed by atoms with Crippen molar-refractivity contribution < 1.29 is 10.2 Å². The molecule has 0 saturated heterocycles. The van der Waals surface area contributed by atoms with E-state index in [4.69, 9.17) is 0 Å². The van der Waals surface area contributed by atoms with Crippen molar-refractivity contribution in [2.45, 2.75) is 0 Å². The van der Waals surface area contributed by atoms with Crippen LogP contribution in [0.1, 0.15) is 0 Å². The highest BCUT2D eigenvalue weighted by Crippen LogP contribution is 2.38. The number of aromatic nitrogens is 4. The number of H-pyrrole nitrogens is 2. The van der Waals surface area contributed by atoms with E-state index < -0.39 is 0 Å². The smallest absolute Gasteiger partial charge is 0.128 e. The van der Waals surface area contributed by atoms with Crippen molar-refractivity contribution in [2.75, 3.05) is 0 Å². The quantitative estimate of drug-likeness (QED) is 0.551. The Morgan fingerprint density at radius 1 is 0.778 bits per heavy atom. The minimum atomic E-state index is -0.0139. The van der Waals surface area contributed by atoms with Crippen molar-refractivity contribution in [3.8, 4) is 34.0 Å². The van der Waals surface area contributed by atoms with Crippen LogP contribution < -0.4 is 0 Å². The van der Waals surface area contributed by atoms with Crippen LogP contribution in [0.15, 0.2) is 36.7 Å². The zero-order valence-corrected chi connectivity index (χ0v) is 9.25. The zero-order chi connectivity index (χ0) is 12.5. The molecule has 1 aromatic carbocycles. The van der Waals surface area contributed by atoms with Gasteiger partial charge in [-0.1, -0.05) is 0 Å². The molecule has 3 aromatic rings. The molecule has 0 bridgehead atoms. The topological polar surface area (TPSA) is 97.8 Å². The van der Waals surface area contributed by atoms with E-state index in [0.717, 1.165) is 0 Å². The highest BCUT2D eigenvalue weighted by atomic mass is 16.3. The highest BCUT2D eigenvalue weighted by Gasteiger charge is 2.13. The van der Waals surface area contributed by atoms with Crippen molar-refractivity contribution in [1.29, 1.82) is 0 Å². The van der Waals surface area contributed by atoms with Crippen LogP contribution in [0, 0.1) is 0 Å². The average molecular weight is 242 g/mol. The first kappa shape index (κ1) is 10.4. The molecule has 4 N–H and O–H groups in total.